The van der Waals surface area contributed by atoms with Crippen LogP contribution in [0, 0.1) is 6.92 Å². The van der Waals surface area contributed by atoms with Gasteiger partial charge in [-0.1, -0.05) is 42.4 Å². The fourth-order valence-electron chi connectivity index (χ4n) is 2.59. The van der Waals surface area contributed by atoms with Gasteiger partial charge in [0.2, 0.25) is 0 Å². The highest BCUT2D eigenvalue weighted by Gasteiger charge is 2.41. The van der Waals surface area contributed by atoms with Crippen molar-refractivity contribution in [2.24, 2.45) is 0 Å². The zero-order valence-corrected chi connectivity index (χ0v) is 20.7. The number of aromatic nitrogens is 2. The highest BCUT2D eigenvalue weighted by molar-refractivity contribution is 8.77. The van der Waals surface area contributed by atoms with E-state index in [1.807, 2.05) is 20.8 Å². The molecule has 3 N–H and O–H groups in total. The average Bonchev–Trinajstić information content (AvgIpc) is 3.01. The summed E-state index contributed by atoms with van der Waals surface area (Å²) >= 11 is 0. The van der Waals surface area contributed by atoms with Crippen LogP contribution in [-0.4, -0.2) is 48.8 Å². The lowest BCUT2D eigenvalue weighted by Crippen LogP contribution is -2.33. The second-order valence-corrected chi connectivity index (χ2v) is 13.0. The molecule has 2 rings (SSSR count). The Bertz CT molecular complexity index is 947. The molecular formula is C15H25N2O10P2S2+. The van der Waals surface area contributed by atoms with Crippen molar-refractivity contribution in [1.82, 2.24) is 9.55 Å². The summed E-state index contributed by atoms with van der Waals surface area (Å²) in [5, 5.41) is 0. The summed E-state index contributed by atoms with van der Waals surface area (Å²) < 4.78 is 43.9. The fraction of sp³-hybridized carbons (Fsp3) is 0.733. The molecule has 176 valence electrons. The topological polar surface area (TPSA) is 166 Å². The van der Waals surface area contributed by atoms with E-state index in [-0.39, 0.29) is 17.1 Å². The molecular weight excluding hydrogens is 494 g/mol. The Kier molecular flexibility index (Phi) is 9.53. The molecule has 0 amide bonds. The van der Waals surface area contributed by atoms with Crippen LogP contribution in [-0.2, 0) is 27.4 Å². The van der Waals surface area contributed by atoms with Gasteiger partial charge in [-0.25, -0.2) is 9.36 Å². The maximum absolute atomic E-state index is 12.2. The maximum Gasteiger partial charge on any atom is 0.705 e. The van der Waals surface area contributed by atoms with E-state index in [0.29, 0.717) is 5.56 Å². The van der Waals surface area contributed by atoms with Crippen molar-refractivity contribution in [3.05, 3.63) is 32.6 Å². The minimum absolute atomic E-state index is 0.00778. The van der Waals surface area contributed by atoms with Gasteiger partial charge in [0.05, 0.1) is 12.7 Å². The van der Waals surface area contributed by atoms with E-state index < -0.39 is 52.4 Å². The number of aryl methyl sites for hydroxylation is 1. The van der Waals surface area contributed by atoms with E-state index in [0.717, 1.165) is 0 Å². The number of hydrogen-bond donors (Lipinski definition) is 3. The van der Waals surface area contributed by atoms with Crippen molar-refractivity contribution in [3.63, 3.8) is 0 Å². The number of nitrogens with zero attached hydrogens (tertiary/aromatic N) is 1. The number of ether oxygens (including phenoxy) is 2. The van der Waals surface area contributed by atoms with Gasteiger partial charge in [0.25, 0.3) is 5.56 Å². The van der Waals surface area contributed by atoms with E-state index in [4.69, 9.17) is 18.9 Å². The lowest BCUT2D eigenvalue weighted by atomic mass is 10.2. The van der Waals surface area contributed by atoms with Gasteiger partial charge in [-0.15, -0.1) is 4.89 Å². The average molecular weight is 519 g/mol. The number of H-pyrrole nitrogens is 1. The molecule has 16 heteroatoms. The van der Waals surface area contributed by atoms with Crippen LogP contribution < -0.4 is 11.2 Å². The highest BCUT2D eigenvalue weighted by Crippen LogP contribution is 2.51. The van der Waals surface area contributed by atoms with E-state index in [1.54, 1.807) is 10.8 Å². The van der Waals surface area contributed by atoms with Crippen molar-refractivity contribution in [1.29, 1.82) is 0 Å². The third-order valence-electron chi connectivity index (χ3n) is 3.85. The Hall–Kier alpha value is -0.530. The van der Waals surface area contributed by atoms with E-state index in [2.05, 4.69) is 9.29 Å². The quantitative estimate of drug-likeness (QED) is 0.179. The second kappa shape index (κ2) is 11.1. The Morgan fingerprint density at radius 3 is 2.71 bits per heavy atom. The van der Waals surface area contributed by atoms with Crippen molar-refractivity contribution < 1.29 is 37.2 Å². The van der Waals surface area contributed by atoms with Crippen LogP contribution in [0.5, 0.6) is 0 Å². The molecule has 0 aromatic carbocycles. The summed E-state index contributed by atoms with van der Waals surface area (Å²) in [5.74, 6) is 0.272. The first-order valence-corrected chi connectivity index (χ1v) is 13.9. The van der Waals surface area contributed by atoms with Crippen molar-refractivity contribution in [3.8, 4) is 0 Å². The van der Waals surface area contributed by atoms with E-state index in [1.165, 1.54) is 28.5 Å². The number of nitrogens with one attached hydrogen (secondary N) is 1. The summed E-state index contributed by atoms with van der Waals surface area (Å²) in [4.78, 5) is 44.1. The molecule has 1 aliphatic rings. The van der Waals surface area contributed by atoms with Crippen LogP contribution in [0.3, 0.4) is 0 Å². The molecule has 0 radical (unpaired) electrons. The summed E-state index contributed by atoms with van der Waals surface area (Å²) in [6.07, 6.45) is -0.779. The third-order valence-corrected chi connectivity index (χ3v) is 8.70. The van der Waals surface area contributed by atoms with Crippen molar-refractivity contribution in [2.45, 2.75) is 57.3 Å². The Labute approximate surface area is 187 Å². The molecule has 31 heavy (non-hydrogen) atoms. The molecule has 1 aliphatic heterocycles. The molecule has 0 aliphatic carbocycles. The molecule has 2 unspecified atom stereocenters. The zero-order chi connectivity index (χ0) is 23.4. The highest BCUT2D eigenvalue weighted by atomic mass is 33.1. The van der Waals surface area contributed by atoms with Gasteiger partial charge < -0.3 is 9.47 Å². The Balaban J connectivity index is 2.12. The number of aromatic amines is 1. The minimum Gasteiger partial charge on any atom is -0.364 e. The molecule has 2 heterocycles. The zero-order valence-electron chi connectivity index (χ0n) is 17.2. The SMILES string of the molecule is Cc1cn([C@H]2C[C@@H](OCSSC(C)(C)C)[C@@H](COP(=O)(O)O[P+](=O)O)O2)c(=O)[nH]c1=O. The monoisotopic (exact) mass is 519 g/mol. The summed E-state index contributed by atoms with van der Waals surface area (Å²) in [5.41, 5.74) is -0.886. The number of hydrogen-bond acceptors (Lipinski definition) is 10. The third kappa shape index (κ3) is 8.73. The molecule has 5 atom stereocenters. The van der Waals surface area contributed by atoms with Crippen LogP contribution in [0.2, 0.25) is 0 Å². The first-order valence-electron chi connectivity index (χ1n) is 9.00. The predicted molar refractivity (Wildman–Crippen MR) is 116 cm³/mol. The normalized spacial score (nSPS) is 24.2. The maximum atomic E-state index is 12.2. The van der Waals surface area contributed by atoms with Gasteiger partial charge in [-0.3, -0.25) is 23.8 Å². The van der Waals surface area contributed by atoms with E-state index in [9.17, 15) is 23.6 Å². The predicted octanol–water partition coefficient (Wildman–Crippen LogP) is 2.44. The number of phosphoric acid groups is 1. The second-order valence-electron chi connectivity index (χ2n) is 7.56. The molecule has 0 saturated carbocycles. The first-order chi connectivity index (χ1) is 14.3. The summed E-state index contributed by atoms with van der Waals surface area (Å²) in [6, 6.07) is 0. The van der Waals surface area contributed by atoms with Crippen LogP contribution in [0.1, 0.15) is 39.0 Å². The molecule has 1 aromatic heterocycles. The van der Waals surface area contributed by atoms with Gasteiger partial charge in [-0.2, -0.15) is 0 Å². The molecule has 1 saturated heterocycles. The van der Waals surface area contributed by atoms with Crippen LogP contribution in [0.25, 0.3) is 0 Å². The smallest absolute Gasteiger partial charge is 0.364 e. The molecule has 1 aromatic rings. The largest absolute Gasteiger partial charge is 0.705 e. The molecule has 0 spiro atoms. The summed E-state index contributed by atoms with van der Waals surface area (Å²) in [6.45, 7) is 7.18. The van der Waals surface area contributed by atoms with E-state index >= 15 is 0 Å². The standard InChI is InChI=1S/C15H24N2O10P2S2/c1-9-6-17(14(19)16-13(9)18)12-5-10(24-8-30-31-15(2,3)4)11(26-12)7-25-29(22,23)27-28(20)21/h6,10-12H,5,7-8H2,1-4H3,(H2-,16,18,19,20,21,22,23)/p+1/t10-,11-,12-/m1/s1. The van der Waals surface area contributed by atoms with Gasteiger partial charge >= 0.3 is 21.8 Å². The fourth-order valence-corrected chi connectivity index (χ4v) is 5.83. The summed E-state index contributed by atoms with van der Waals surface area (Å²) in [7, 11) is -5.07. The van der Waals surface area contributed by atoms with Gasteiger partial charge in [0, 0.05) is 27.5 Å². The first kappa shape index (κ1) is 26.7. The lowest BCUT2D eigenvalue weighted by molar-refractivity contribution is -0.0541. The molecule has 0 bridgehead atoms. The van der Waals surface area contributed by atoms with Gasteiger partial charge in [-0.05, 0) is 11.2 Å². The van der Waals surface area contributed by atoms with Crippen molar-refractivity contribution in [2.75, 3.05) is 12.5 Å². The van der Waals surface area contributed by atoms with Crippen molar-refractivity contribution >= 4 is 37.7 Å². The van der Waals surface area contributed by atoms with Crippen LogP contribution >= 0.6 is 37.7 Å². The van der Waals surface area contributed by atoms with Gasteiger partial charge in [0.15, 0.2) is 0 Å². The Morgan fingerprint density at radius 1 is 1.42 bits per heavy atom. The Morgan fingerprint density at radius 2 is 2.10 bits per heavy atom. The molecule has 12 nitrogen and oxygen atoms in total. The van der Waals surface area contributed by atoms with Crippen LogP contribution in [0.4, 0.5) is 0 Å². The van der Waals surface area contributed by atoms with Crippen LogP contribution in [0.15, 0.2) is 15.8 Å². The molecule has 1 fully saturated rings. The number of rotatable bonds is 10. The minimum atomic E-state index is -4.79. The lowest BCUT2D eigenvalue weighted by Gasteiger charge is -2.20. The number of phosphoric ester groups is 1. The van der Waals surface area contributed by atoms with Gasteiger partial charge in [0.1, 0.15) is 18.3 Å².